The molecule has 0 spiro atoms. The van der Waals surface area contributed by atoms with Crippen LogP contribution in [-0.4, -0.2) is 35.6 Å². The molecule has 6 heteroatoms. The highest BCUT2D eigenvalue weighted by Gasteiger charge is 2.15. The molecule has 0 saturated carbocycles. The van der Waals surface area contributed by atoms with E-state index in [1.807, 2.05) is 0 Å². The van der Waals surface area contributed by atoms with Crippen molar-refractivity contribution in [1.82, 2.24) is 4.98 Å². The summed E-state index contributed by atoms with van der Waals surface area (Å²) in [5, 5.41) is 8.87. The Morgan fingerprint density at radius 3 is 2.80 bits per heavy atom. The highest BCUT2D eigenvalue weighted by atomic mass is 16.4. The number of aromatic carboxylic acids is 1. The lowest BCUT2D eigenvalue weighted by Gasteiger charge is -2.17. The number of rotatable bonds is 4. The van der Waals surface area contributed by atoms with Gasteiger partial charge in [0.25, 0.3) is 0 Å². The van der Waals surface area contributed by atoms with E-state index in [9.17, 15) is 9.59 Å². The molecular formula is C9H11N3O3. The highest BCUT2D eigenvalue weighted by Crippen LogP contribution is 2.14. The quantitative estimate of drug-likeness (QED) is 0.709. The van der Waals surface area contributed by atoms with Crippen LogP contribution in [0.25, 0.3) is 0 Å². The topological polar surface area (TPSA) is 96.5 Å². The summed E-state index contributed by atoms with van der Waals surface area (Å²) in [6.07, 6.45) is 1.46. The molecule has 0 aliphatic rings. The molecule has 1 aromatic heterocycles. The van der Waals surface area contributed by atoms with Crippen LogP contribution in [0.15, 0.2) is 18.3 Å². The first kappa shape index (κ1) is 11.0. The van der Waals surface area contributed by atoms with Gasteiger partial charge in [0.05, 0.1) is 6.54 Å². The number of pyridine rings is 1. The van der Waals surface area contributed by atoms with Crippen LogP contribution in [0.5, 0.6) is 0 Å². The van der Waals surface area contributed by atoms with Gasteiger partial charge >= 0.3 is 5.97 Å². The number of amides is 1. The van der Waals surface area contributed by atoms with Crippen LogP contribution >= 0.6 is 0 Å². The van der Waals surface area contributed by atoms with E-state index in [0.29, 0.717) is 0 Å². The van der Waals surface area contributed by atoms with Crippen molar-refractivity contribution in [2.75, 3.05) is 18.5 Å². The molecule has 0 bridgehead atoms. The maximum absolute atomic E-state index is 10.8. The molecule has 6 nitrogen and oxygen atoms in total. The van der Waals surface area contributed by atoms with Crippen LogP contribution in [0.1, 0.15) is 10.4 Å². The van der Waals surface area contributed by atoms with E-state index < -0.39 is 11.9 Å². The fourth-order valence-electron chi connectivity index (χ4n) is 1.18. The van der Waals surface area contributed by atoms with Crippen molar-refractivity contribution in [1.29, 1.82) is 0 Å². The van der Waals surface area contributed by atoms with Crippen LogP contribution < -0.4 is 10.6 Å². The summed E-state index contributed by atoms with van der Waals surface area (Å²) >= 11 is 0. The first-order valence-corrected chi connectivity index (χ1v) is 4.20. The van der Waals surface area contributed by atoms with Gasteiger partial charge < -0.3 is 15.7 Å². The highest BCUT2D eigenvalue weighted by molar-refractivity contribution is 5.94. The Kier molecular flexibility index (Phi) is 3.22. The molecule has 15 heavy (non-hydrogen) atoms. The van der Waals surface area contributed by atoms with Gasteiger partial charge in [0.1, 0.15) is 11.4 Å². The third kappa shape index (κ3) is 2.67. The molecule has 3 N–H and O–H groups in total. The Morgan fingerprint density at radius 1 is 1.60 bits per heavy atom. The molecular weight excluding hydrogens is 198 g/mol. The van der Waals surface area contributed by atoms with Crippen LogP contribution in [0.4, 0.5) is 5.82 Å². The average molecular weight is 209 g/mol. The van der Waals surface area contributed by atoms with Gasteiger partial charge in [-0.3, -0.25) is 4.79 Å². The number of aromatic nitrogens is 1. The zero-order valence-corrected chi connectivity index (χ0v) is 8.17. The number of carbonyl (C=O) groups excluding carboxylic acids is 1. The first-order chi connectivity index (χ1) is 7.02. The number of carboxylic acid groups (broad SMARTS) is 1. The second-order valence-electron chi connectivity index (χ2n) is 3.00. The smallest absolute Gasteiger partial charge is 0.339 e. The number of carbonyl (C=O) groups is 2. The van der Waals surface area contributed by atoms with Crippen molar-refractivity contribution in [3.63, 3.8) is 0 Å². The van der Waals surface area contributed by atoms with E-state index in [2.05, 4.69) is 4.98 Å². The van der Waals surface area contributed by atoms with Gasteiger partial charge in [-0.15, -0.1) is 0 Å². The first-order valence-electron chi connectivity index (χ1n) is 4.20. The molecule has 80 valence electrons. The molecule has 1 rings (SSSR count). The van der Waals surface area contributed by atoms with Crippen LogP contribution in [-0.2, 0) is 4.79 Å². The minimum absolute atomic E-state index is 0.0428. The van der Waals surface area contributed by atoms with Crippen LogP contribution in [0, 0.1) is 0 Å². The Labute approximate surface area is 86.3 Å². The summed E-state index contributed by atoms with van der Waals surface area (Å²) in [5.74, 6) is -1.40. The number of hydrogen-bond donors (Lipinski definition) is 2. The third-order valence-electron chi connectivity index (χ3n) is 1.77. The van der Waals surface area contributed by atoms with E-state index in [1.165, 1.54) is 23.2 Å². The van der Waals surface area contributed by atoms with E-state index in [-0.39, 0.29) is 17.9 Å². The summed E-state index contributed by atoms with van der Waals surface area (Å²) in [7, 11) is 1.56. The van der Waals surface area contributed by atoms with E-state index in [4.69, 9.17) is 10.8 Å². The monoisotopic (exact) mass is 209 g/mol. The fraction of sp³-hybridized carbons (Fsp3) is 0.222. The third-order valence-corrected chi connectivity index (χ3v) is 1.77. The van der Waals surface area contributed by atoms with Gasteiger partial charge in [0, 0.05) is 13.2 Å². The molecule has 1 amide bonds. The standard InChI is InChI=1S/C9H11N3O3/c1-12(5-7(10)13)8-6(9(14)15)3-2-4-11-8/h2-4H,5H2,1H3,(H2,10,13)(H,14,15). The summed E-state index contributed by atoms with van der Waals surface area (Å²) < 4.78 is 0. The van der Waals surface area contributed by atoms with E-state index in [0.717, 1.165) is 0 Å². The van der Waals surface area contributed by atoms with Crippen LogP contribution in [0.3, 0.4) is 0 Å². The number of nitrogens with two attached hydrogens (primary N) is 1. The molecule has 0 fully saturated rings. The van der Waals surface area contributed by atoms with Gasteiger partial charge in [-0.1, -0.05) is 0 Å². The van der Waals surface area contributed by atoms with Crippen molar-refractivity contribution in [3.8, 4) is 0 Å². The van der Waals surface area contributed by atoms with E-state index in [1.54, 1.807) is 7.05 Å². The Morgan fingerprint density at radius 2 is 2.27 bits per heavy atom. The molecule has 0 unspecified atom stereocenters. The maximum atomic E-state index is 10.8. The zero-order chi connectivity index (χ0) is 11.4. The van der Waals surface area contributed by atoms with Crippen molar-refractivity contribution in [3.05, 3.63) is 23.9 Å². The predicted molar refractivity (Wildman–Crippen MR) is 53.7 cm³/mol. The van der Waals surface area contributed by atoms with Gasteiger partial charge in [-0.2, -0.15) is 0 Å². The lowest BCUT2D eigenvalue weighted by Crippen LogP contribution is -2.32. The minimum Gasteiger partial charge on any atom is -0.478 e. The predicted octanol–water partition coefficient (Wildman–Crippen LogP) is -0.299. The molecule has 0 saturated heterocycles. The maximum Gasteiger partial charge on any atom is 0.339 e. The largest absolute Gasteiger partial charge is 0.478 e. The molecule has 0 atom stereocenters. The summed E-state index contributed by atoms with van der Waals surface area (Å²) in [6.45, 7) is -0.0721. The van der Waals surface area contributed by atoms with E-state index >= 15 is 0 Å². The number of likely N-dealkylation sites (N-methyl/N-ethyl adjacent to an activating group) is 1. The van der Waals surface area contributed by atoms with Gasteiger partial charge in [0.2, 0.25) is 5.91 Å². The van der Waals surface area contributed by atoms with Crippen molar-refractivity contribution >= 4 is 17.7 Å². The molecule has 0 aliphatic heterocycles. The number of carboxylic acids is 1. The summed E-state index contributed by atoms with van der Waals surface area (Å²) in [5.41, 5.74) is 5.04. The van der Waals surface area contributed by atoms with Gasteiger partial charge in [-0.05, 0) is 12.1 Å². The molecule has 0 radical (unpaired) electrons. The lowest BCUT2D eigenvalue weighted by molar-refractivity contribution is -0.116. The fourth-order valence-corrected chi connectivity index (χ4v) is 1.18. The number of hydrogen-bond acceptors (Lipinski definition) is 4. The summed E-state index contributed by atoms with van der Waals surface area (Å²) in [6, 6.07) is 2.94. The lowest BCUT2D eigenvalue weighted by atomic mass is 10.2. The Hall–Kier alpha value is -2.11. The number of primary amides is 1. The van der Waals surface area contributed by atoms with Gasteiger partial charge in [-0.25, -0.2) is 9.78 Å². The minimum atomic E-state index is -1.09. The number of anilines is 1. The average Bonchev–Trinajstić information content (AvgIpc) is 2.16. The van der Waals surface area contributed by atoms with Crippen molar-refractivity contribution in [2.45, 2.75) is 0 Å². The summed E-state index contributed by atoms with van der Waals surface area (Å²) in [4.78, 5) is 26.8. The zero-order valence-electron chi connectivity index (χ0n) is 8.17. The molecule has 0 aromatic carbocycles. The molecule has 0 aliphatic carbocycles. The van der Waals surface area contributed by atoms with Crippen LogP contribution in [0.2, 0.25) is 0 Å². The van der Waals surface area contributed by atoms with Crippen molar-refractivity contribution in [2.24, 2.45) is 5.73 Å². The second kappa shape index (κ2) is 4.41. The van der Waals surface area contributed by atoms with Crippen molar-refractivity contribution < 1.29 is 14.7 Å². The second-order valence-corrected chi connectivity index (χ2v) is 3.00. The Balaban J connectivity index is 3.02. The van der Waals surface area contributed by atoms with Gasteiger partial charge in [0.15, 0.2) is 0 Å². The molecule has 1 aromatic rings. The normalized spacial score (nSPS) is 9.67. The SMILES string of the molecule is CN(CC(N)=O)c1ncccc1C(=O)O. The number of nitrogens with zero attached hydrogens (tertiary/aromatic N) is 2. The molecule has 1 heterocycles. The Bertz CT molecular complexity index is 392.